The van der Waals surface area contributed by atoms with Crippen LogP contribution in [0.2, 0.25) is 0 Å². The number of nitrogens with zero attached hydrogens (tertiary/aromatic N) is 3. The van der Waals surface area contributed by atoms with E-state index in [0.717, 1.165) is 6.54 Å². The Morgan fingerprint density at radius 1 is 1.29 bits per heavy atom. The van der Waals surface area contributed by atoms with E-state index in [0.29, 0.717) is 11.5 Å². The van der Waals surface area contributed by atoms with Crippen molar-refractivity contribution in [3.63, 3.8) is 0 Å². The predicted octanol–water partition coefficient (Wildman–Crippen LogP) is 1.32. The van der Waals surface area contributed by atoms with Crippen LogP contribution < -0.4 is 10.6 Å². The molecule has 110 valence electrons. The van der Waals surface area contributed by atoms with E-state index in [1.54, 1.807) is 6.33 Å². The SMILES string of the molecule is CCn1cnnc1CNC(=O)Nc1ccc(C(=O)O)cc1. The van der Waals surface area contributed by atoms with Gasteiger partial charge < -0.3 is 20.3 Å². The Hall–Kier alpha value is -2.90. The summed E-state index contributed by atoms with van der Waals surface area (Å²) >= 11 is 0. The van der Waals surface area contributed by atoms with Gasteiger partial charge in [-0.25, -0.2) is 9.59 Å². The molecule has 0 atom stereocenters. The Bertz CT molecular complexity index is 636. The van der Waals surface area contributed by atoms with Crippen molar-refractivity contribution in [1.82, 2.24) is 20.1 Å². The van der Waals surface area contributed by atoms with E-state index in [2.05, 4.69) is 20.8 Å². The molecule has 0 unspecified atom stereocenters. The highest BCUT2D eigenvalue weighted by Gasteiger charge is 2.07. The molecule has 8 nitrogen and oxygen atoms in total. The van der Waals surface area contributed by atoms with Crippen molar-refractivity contribution >= 4 is 17.7 Å². The lowest BCUT2D eigenvalue weighted by Gasteiger charge is -2.08. The summed E-state index contributed by atoms with van der Waals surface area (Å²) in [6.45, 7) is 2.94. The molecule has 0 bridgehead atoms. The molecule has 0 saturated heterocycles. The van der Waals surface area contributed by atoms with Gasteiger partial charge in [-0.15, -0.1) is 10.2 Å². The molecule has 2 aromatic rings. The summed E-state index contributed by atoms with van der Waals surface area (Å²) in [7, 11) is 0. The summed E-state index contributed by atoms with van der Waals surface area (Å²) in [5.74, 6) is -0.348. The zero-order valence-electron chi connectivity index (χ0n) is 11.4. The second kappa shape index (κ2) is 6.51. The third-order valence-corrected chi connectivity index (χ3v) is 2.83. The first-order valence-electron chi connectivity index (χ1n) is 6.35. The molecule has 2 rings (SSSR count). The number of hydrogen-bond acceptors (Lipinski definition) is 4. The summed E-state index contributed by atoms with van der Waals surface area (Å²) in [6.07, 6.45) is 1.60. The lowest BCUT2D eigenvalue weighted by Crippen LogP contribution is -2.29. The number of aryl methyl sites for hydroxylation is 1. The number of amides is 2. The number of carboxylic acid groups (broad SMARTS) is 1. The third-order valence-electron chi connectivity index (χ3n) is 2.83. The van der Waals surface area contributed by atoms with Gasteiger partial charge in [0.25, 0.3) is 0 Å². The van der Waals surface area contributed by atoms with Gasteiger partial charge in [-0.2, -0.15) is 0 Å². The molecule has 0 fully saturated rings. The van der Waals surface area contributed by atoms with Crippen LogP contribution in [0.25, 0.3) is 0 Å². The topological polar surface area (TPSA) is 109 Å². The molecular weight excluding hydrogens is 274 g/mol. The van der Waals surface area contributed by atoms with Crippen LogP contribution in [-0.2, 0) is 13.1 Å². The fourth-order valence-electron chi connectivity index (χ4n) is 1.71. The molecular formula is C13H15N5O3. The van der Waals surface area contributed by atoms with E-state index in [-0.39, 0.29) is 12.1 Å². The molecule has 8 heteroatoms. The van der Waals surface area contributed by atoms with Crippen LogP contribution in [-0.4, -0.2) is 31.9 Å². The van der Waals surface area contributed by atoms with Gasteiger partial charge in [0.1, 0.15) is 6.33 Å². The maximum absolute atomic E-state index is 11.7. The van der Waals surface area contributed by atoms with Crippen LogP contribution >= 0.6 is 0 Å². The van der Waals surface area contributed by atoms with Gasteiger partial charge in [0, 0.05) is 12.2 Å². The molecule has 1 aromatic carbocycles. The van der Waals surface area contributed by atoms with E-state index in [4.69, 9.17) is 5.11 Å². The minimum atomic E-state index is -1.01. The van der Waals surface area contributed by atoms with E-state index >= 15 is 0 Å². The number of rotatable bonds is 5. The van der Waals surface area contributed by atoms with E-state index < -0.39 is 12.0 Å². The van der Waals surface area contributed by atoms with Crippen molar-refractivity contribution < 1.29 is 14.7 Å². The van der Waals surface area contributed by atoms with Gasteiger partial charge in [-0.3, -0.25) is 0 Å². The molecule has 0 saturated carbocycles. The maximum atomic E-state index is 11.7. The third kappa shape index (κ3) is 3.78. The second-order valence-corrected chi connectivity index (χ2v) is 4.22. The minimum Gasteiger partial charge on any atom is -0.478 e. The summed E-state index contributed by atoms with van der Waals surface area (Å²) < 4.78 is 1.82. The first-order valence-corrected chi connectivity index (χ1v) is 6.35. The van der Waals surface area contributed by atoms with Crippen LogP contribution in [0.3, 0.4) is 0 Å². The highest BCUT2D eigenvalue weighted by molar-refractivity contribution is 5.91. The van der Waals surface area contributed by atoms with Crippen LogP contribution in [0.1, 0.15) is 23.1 Å². The Morgan fingerprint density at radius 3 is 2.62 bits per heavy atom. The second-order valence-electron chi connectivity index (χ2n) is 4.22. The Balaban J connectivity index is 1.88. The number of aromatic nitrogens is 3. The van der Waals surface area contributed by atoms with Crippen molar-refractivity contribution in [2.75, 3.05) is 5.32 Å². The van der Waals surface area contributed by atoms with Gasteiger partial charge in [0.15, 0.2) is 5.82 Å². The fourth-order valence-corrected chi connectivity index (χ4v) is 1.71. The molecule has 21 heavy (non-hydrogen) atoms. The van der Waals surface area contributed by atoms with Crippen LogP contribution in [0, 0.1) is 0 Å². The molecule has 0 spiro atoms. The van der Waals surface area contributed by atoms with E-state index in [1.807, 2.05) is 11.5 Å². The van der Waals surface area contributed by atoms with Gasteiger partial charge in [-0.05, 0) is 31.2 Å². The Kier molecular flexibility index (Phi) is 4.50. The standard InChI is InChI=1S/C13H15N5O3/c1-2-18-8-15-17-11(18)7-14-13(21)16-10-5-3-9(4-6-10)12(19)20/h3-6,8H,2,7H2,1H3,(H,19,20)(H2,14,16,21). The highest BCUT2D eigenvalue weighted by atomic mass is 16.4. The van der Waals surface area contributed by atoms with Crippen molar-refractivity contribution in [2.24, 2.45) is 0 Å². The quantitative estimate of drug-likeness (QED) is 0.769. The summed E-state index contributed by atoms with van der Waals surface area (Å²) in [6, 6.07) is 5.50. The van der Waals surface area contributed by atoms with Crippen molar-refractivity contribution in [3.8, 4) is 0 Å². The summed E-state index contributed by atoms with van der Waals surface area (Å²) in [5.41, 5.74) is 0.673. The van der Waals surface area contributed by atoms with E-state index in [9.17, 15) is 9.59 Å². The molecule has 2 amide bonds. The van der Waals surface area contributed by atoms with Crippen LogP contribution in [0.5, 0.6) is 0 Å². The maximum Gasteiger partial charge on any atom is 0.335 e. The predicted molar refractivity (Wildman–Crippen MR) is 75.0 cm³/mol. The van der Waals surface area contributed by atoms with Crippen molar-refractivity contribution in [1.29, 1.82) is 0 Å². The lowest BCUT2D eigenvalue weighted by atomic mass is 10.2. The number of benzene rings is 1. The summed E-state index contributed by atoms with van der Waals surface area (Å²) in [4.78, 5) is 22.4. The highest BCUT2D eigenvalue weighted by Crippen LogP contribution is 2.09. The van der Waals surface area contributed by atoms with Gasteiger partial charge >= 0.3 is 12.0 Å². The number of aromatic carboxylic acids is 1. The van der Waals surface area contributed by atoms with Crippen molar-refractivity contribution in [3.05, 3.63) is 42.0 Å². The largest absolute Gasteiger partial charge is 0.478 e. The van der Waals surface area contributed by atoms with Crippen LogP contribution in [0.4, 0.5) is 10.5 Å². The average molecular weight is 289 g/mol. The minimum absolute atomic E-state index is 0.164. The number of hydrogen-bond donors (Lipinski definition) is 3. The molecule has 0 radical (unpaired) electrons. The number of carboxylic acids is 1. The zero-order chi connectivity index (χ0) is 15.2. The molecule has 1 heterocycles. The molecule has 0 aliphatic carbocycles. The molecule has 1 aromatic heterocycles. The van der Waals surface area contributed by atoms with Crippen molar-refractivity contribution in [2.45, 2.75) is 20.0 Å². The number of carbonyl (C=O) groups is 2. The Labute approximate surface area is 120 Å². The van der Waals surface area contributed by atoms with Gasteiger partial charge in [-0.1, -0.05) is 0 Å². The molecule has 0 aliphatic heterocycles. The lowest BCUT2D eigenvalue weighted by molar-refractivity contribution is 0.0697. The Morgan fingerprint density at radius 2 is 2.00 bits per heavy atom. The zero-order valence-corrected chi connectivity index (χ0v) is 11.4. The van der Waals surface area contributed by atoms with Gasteiger partial charge in [0.2, 0.25) is 0 Å². The number of nitrogens with one attached hydrogen (secondary N) is 2. The fraction of sp³-hybridized carbons (Fsp3) is 0.231. The first-order chi connectivity index (χ1) is 10.1. The molecule has 0 aliphatic rings. The smallest absolute Gasteiger partial charge is 0.335 e. The van der Waals surface area contributed by atoms with E-state index in [1.165, 1.54) is 24.3 Å². The summed E-state index contributed by atoms with van der Waals surface area (Å²) in [5, 5.41) is 21.7. The van der Waals surface area contributed by atoms with Gasteiger partial charge in [0.05, 0.1) is 12.1 Å². The first kappa shape index (κ1) is 14.5. The van der Waals surface area contributed by atoms with Crippen LogP contribution in [0.15, 0.2) is 30.6 Å². The monoisotopic (exact) mass is 289 g/mol. The normalized spacial score (nSPS) is 10.1. The number of carbonyl (C=O) groups excluding carboxylic acids is 1. The average Bonchev–Trinajstić information content (AvgIpc) is 2.93. The molecule has 3 N–H and O–H groups in total. The number of urea groups is 1. The number of anilines is 1.